The van der Waals surface area contributed by atoms with Gasteiger partial charge in [-0.1, -0.05) is 0 Å². The first-order valence-corrected chi connectivity index (χ1v) is 6.50. The predicted molar refractivity (Wildman–Crippen MR) is 74.1 cm³/mol. The third kappa shape index (κ3) is 4.89. The highest BCUT2D eigenvalue weighted by molar-refractivity contribution is 6.02. The predicted octanol–water partition coefficient (Wildman–Crippen LogP) is 2.35. The zero-order valence-corrected chi connectivity index (χ0v) is 13.0. The van der Waals surface area contributed by atoms with Crippen LogP contribution in [0.5, 0.6) is 0 Å². The molecule has 0 aromatic carbocycles. The summed E-state index contributed by atoms with van der Waals surface area (Å²) in [6.07, 6.45) is -5.90. The van der Waals surface area contributed by atoms with Crippen molar-refractivity contribution in [2.45, 2.75) is 26.9 Å². The Morgan fingerprint density at radius 1 is 1.29 bits per heavy atom. The van der Waals surface area contributed by atoms with E-state index in [2.05, 4.69) is 9.97 Å². The summed E-state index contributed by atoms with van der Waals surface area (Å²) >= 11 is 0. The van der Waals surface area contributed by atoms with Crippen molar-refractivity contribution in [2.75, 3.05) is 6.73 Å². The molecule has 1 heterocycles. The smallest absolute Gasteiger partial charge is 0.433 e. The zero-order chi connectivity index (χ0) is 18.7. The minimum atomic E-state index is -4.77. The van der Waals surface area contributed by atoms with Crippen molar-refractivity contribution in [1.82, 2.24) is 14.9 Å². The molecule has 2 N–H and O–H groups in total. The van der Waals surface area contributed by atoms with Gasteiger partial charge in [-0.15, -0.1) is 0 Å². The number of nitrogens with one attached hydrogen (secondary N) is 1. The maximum absolute atomic E-state index is 12.6. The second-order valence-corrected chi connectivity index (χ2v) is 5.66. The summed E-state index contributed by atoms with van der Waals surface area (Å²) < 4.78 is 42.6. The molecule has 8 nitrogen and oxygen atoms in total. The average Bonchev–Trinajstić information content (AvgIpc) is 2.44. The number of nitrogens with zero attached hydrogens (tertiary/aromatic N) is 3. The molecule has 1 amide bonds. The fourth-order valence-electron chi connectivity index (χ4n) is 1.34. The Kier molecular flexibility index (Phi) is 5.48. The summed E-state index contributed by atoms with van der Waals surface area (Å²) in [7, 11) is 0. The molecule has 132 valence electrons. The first-order chi connectivity index (χ1) is 10.8. The van der Waals surface area contributed by atoms with Crippen molar-refractivity contribution in [1.29, 1.82) is 5.41 Å². The van der Waals surface area contributed by atoms with E-state index in [0.29, 0.717) is 12.4 Å². The van der Waals surface area contributed by atoms with Crippen LogP contribution in [0.15, 0.2) is 12.4 Å². The summed E-state index contributed by atoms with van der Waals surface area (Å²) in [5, 5.41) is 16.8. The van der Waals surface area contributed by atoms with Crippen molar-refractivity contribution >= 4 is 17.9 Å². The van der Waals surface area contributed by atoms with E-state index in [9.17, 15) is 22.8 Å². The molecule has 0 radical (unpaired) electrons. The number of halogens is 3. The molecule has 0 unspecified atom stereocenters. The zero-order valence-electron chi connectivity index (χ0n) is 13.0. The molecule has 0 bridgehead atoms. The van der Waals surface area contributed by atoms with E-state index in [1.54, 1.807) is 0 Å². The van der Waals surface area contributed by atoms with Gasteiger partial charge in [0.1, 0.15) is 17.7 Å². The Bertz CT molecular complexity index is 655. The van der Waals surface area contributed by atoms with Crippen LogP contribution in [0.3, 0.4) is 0 Å². The van der Waals surface area contributed by atoms with E-state index in [-0.39, 0.29) is 4.90 Å². The molecular formula is C13H15F3N4O4. The standard InChI is InChI=1S/C13H15F3N4O4/c1-12(2,3)10(21)24-6-20(11(22)23)9(17)7-4-8(13(14,15)16)19-5-18-7/h4-5,17H,6H2,1-3H3,(H,22,23). The Hall–Kier alpha value is -2.72. The van der Waals surface area contributed by atoms with Gasteiger partial charge in [-0.05, 0) is 26.8 Å². The molecule has 0 fully saturated rings. The lowest BCUT2D eigenvalue weighted by Gasteiger charge is -2.22. The van der Waals surface area contributed by atoms with Gasteiger partial charge >= 0.3 is 18.2 Å². The van der Waals surface area contributed by atoms with Gasteiger partial charge in [0.15, 0.2) is 12.6 Å². The summed E-state index contributed by atoms with van der Waals surface area (Å²) in [6, 6.07) is 0.434. The average molecular weight is 348 g/mol. The van der Waals surface area contributed by atoms with Gasteiger partial charge in [0.25, 0.3) is 0 Å². The molecular weight excluding hydrogens is 333 g/mol. The van der Waals surface area contributed by atoms with E-state index in [4.69, 9.17) is 15.3 Å². The Morgan fingerprint density at radius 3 is 2.33 bits per heavy atom. The van der Waals surface area contributed by atoms with Crippen LogP contribution in [0.1, 0.15) is 32.2 Å². The second-order valence-electron chi connectivity index (χ2n) is 5.66. The van der Waals surface area contributed by atoms with Gasteiger partial charge in [0, 0.05) is 0 Å². The largest absolute Gasteiger partial charge is 0.465 e. The fraction of sp³-hybridized carbons (Fsp3) is 0.462. The molecule has 0 aliphatic carbocycles. The van der Waals surface area contributed by atoms with E-state index in [0.717, 1.165) is 0 Å². The van der Waals surface area contributed by atoms with Crippen LogP contribution in [0.25, 0.3) is 0 Å². The van der Waals surface area contributed by atoms with Crippen molar-refractivity contribution < 1.29 is 32.6 Å². The number of carboxylic acid groups (broad SMARTS) is 1. The molecule has 24 heavy (non-hydrogen) atoms. The lowest BCUT2D eigenvalue weighted by Crippen LogP contribution is -2.40. The van der Waals surface area contributed by atoms with E-state index in [1.165, 1.54) is 20.8 Å². The number of aromatic nitrogens is 2. The minimum absolute atomic E-state index is 0.256. The lowest BCUT2D eigenvalue weighted by molar-refractivity contribution is -0.155. The van der Waals surface area contributed by atoms with Crippen molar-refractivity contribution in [3.05, 3.63) is 23.8 Å². The van der Waals surface area contributed by atoms with Crippen molar-refractivity contribution in [2.24, 2.45) is 5.41 Å². The SMILES string of the molecule is CC(C)(C)C(=O)OCN(C(=N)c1cc(C(F)(F)F)ncn1)C(=O)O. The van der Waals surface area contributed by atoms with Crippen LogP contribution < -0.4 is 0 Å². The number of carbonyl (C=O) groups excluding carboxylic acids is 1. The van der Waals surface area contributed by atoms with Crippen LogP contribution >= 0.6 is 0 Å². The summed E-state index contributed by atoms with van der Waals surface area (Å²) in [6.45, 7) is 3.75. The highest BCUT2D eigenvalue weighted by Gasteiger charge is 2.34. The number of carbonyl (C=O) groups is 2. The number of ether oxygens (including phenoxy) is 1. The molecule has 0 aliphatic heterocycles. The second kappa shape index (κ2) is 6.81. The summed E-state index contributed by atoms with van der Waals surface area (Å²) in [5.41, 5.74) is -2.81. The van der Waals surface area contributed by atoms with Crippen LogP contribution in [-0.4, -0.2) is 44.6 Å². The number of esters is 1. The van der Waals surface area contributed by atoms with E-state index >= 15 is 0 Å². The topological polar surface area (TPSA) is 116 Å². The first kappa shape index (κ1) is 19.3. The van der Waals surface area contributed by atoms with Gasteiger partial charge in [0.2, 0.25) is 0 Å². The Morgan fingerprint density at radius 2 is 1.88 bits per heavy atom. The lowest BCUT2D eigenvalue weighted by atomic mass is 9.98. The van der Waals surface area contributed by atoms with Gasteiger partial charge in [0.05, 0.1) is 5.41 Å². The third-order valence-corrected chi connectivity index (χ3v) is 2.64. The van der Waals surface area contributed by atoms with Crippen molar-refractivity contribution in [3.8, 4) is 0 Å². The number of amidine groups is 1. The van der Waals surface area contributed by atoms with Gasteiger partial charge in [-0.25, -0.2) is 19.7 Å². The van der Waals surface area contributed by atoms with E-state index < -0.39 is 47.6 Å². The maximum atomic E-state index is 12.6. The minimum Gasteiger partial charge on any atom is -0.465 e. The number of alkyl halides is 3. The summed E-state index contributed by atoms with van der Waals surface area (Å²) in [5.74, 6) is -1.61. The molecule has 0 saturated heterocycles. The van der Waals surface area contributed by atoms with Crippen molar-refractivity contribution in [3.63, 3.8) is 0 Å². The molecule has 1 aromatic rings. The Balaban J connectivity index is 3.00. The fourth-order valence-corrected chi connectivity index (χ4v) is 1.34. The van der Waals surface area contributed by atoms with Gasteiger partial charge in [-0.3, -0.25) is 10.2 Å². The molecule has 0 aliphatic rings. The van der Waals surface area contributed by atoms with Crippen LogP contribution in [0.4, 0.5) is 18.0 Å². The monoisotopic (exact) mass is 348 g/mol. The molecule has 1 aromatic heterocycles. The van der Waals surface area contributed by atoms with Crippen LogP contribution in [-0.2, 0) is 15.7 Å². The quantitative estimate of drug-likeness (QED) is 0.375. The molecule has 0 spiro atoms. The number of hydrogen-bond acceptors (Lipinski definition) is 6. The van der Waals surface area contributed by atoms with Gasteiger partial charge < -0.3 is 9.84 Å². The first-order valence-electron chi connectivity index (χ1n) is 6.50. The highest BCUT2D eigenvalue weighted by Crippen LogP contribution is 2.27. The number of hydrogen-bond donors (Lipinski definition) is 2. The number of rotatable bonds is 3. The summed E-state index contributed by atoms with van der Waals surface area (Å²) in [4.78, 5) is 29.6. The molecule has 0 atom stereocenters. The normalized spacial score (nSPS) is 11.8. The highest BCUT2D eigenvalue weighted by atomic mass is 19.4. The van der Waals surface area contributed by atoms with Crippen LogP contribution in [0, 0.1) is 10.8 Å². The van der Waals surface area contributed by atoms with E-state index in [1.807, 2.05) is 0 Å². The van der Waals surface area contributed by atoms with Gasteiger partial charge in [-0.2, -0.15) is 13.2 Å². The molecule has 1 rings (SSSR count). The number of amides is 1. The Labute approximate surface area is 134 Å². The molecule has 11 heteroatoms. The molecule has 0 saturated carbocycles. The third-order valence-electron chi connectivity index (χ3n) is 2.64. The maximum Gasteiger partial charge on any atom is 0.433 e. The van der Waals surface area contributed by atoms with Crippen LogP contribution in [0.2, 0.25) is 0 Å².